The number of amides is 2. The van der Waals surface area contributed by atoms with Crippen LogP contribution in [0.4, 0.5) is 0 Å². The van der Waals surface area contributed by atoms with E-state index >= 15 is 0 Å². The molecule has 0 spiro atoms. The molecule has 0 unspecified atom stereocenters. The highest BCUT2D eigenvalue weighted by Crippen LogP contribution is 2.19. The molecule has 8 nitrogen and oxygen atoms in total. The fourth-order valence-corrected chi connectivity index (χ4v) is 3.87. The number of halogens is 1. The average Bonchev–Trinajstić information content (AvgIpc) is 3.28. The van der Waals surface area contributed by atoms with Gasteiger partial charge in [-0.05, 0) is 42.8 Å². The van der Waals surface area contributed by atoms with E-state index in [0.29, 0.717) is 48.5 Å². The van der Waals surface area contributed by atoms with Gasteiger partial charge in [0.25, 0.3) is 5.91 Å². The van der Waals surface area contributed by atoms with Crippen LogP contribution in [0.25, 0.3) is 11.4 Å². The van der Waals surface area contributed by atoms with Crippen LogP contribution in [0.3, 0.4) is 0 Å². The summed E-state index contributed by atoms with van der Waals surface area (Å²) < 4.78 is 5.39. The van der Waals surface area contributed by atoms with Crippen molar-refractivity contribution in [3.05, 3.63) is 70.6 Å². The molecule has 33 heavy (non-hydrogen) atoms. The molecule has 0 atom stereocenters. The van der Waals surface area contributed by atoms with Crippen LogP contribution in [0, 0.1) is 6.92 Å². The molecule has 9 heteroatoms. The fourth-order valence-electron chi connectivity index (χ4n) is 3.75. The minimum Gasteiger partial charge on any atom is -0.352 e. The Hall–Kier alpha value is -3.23. The monoisotopic (exact) mass is 467 g/mol. The Kier molecular flexibility index (Phi) is 7.36. The number of rotatable bonds is 7. The maximum absolute atomic E-state index is 12.5. The summed E-state index contributed by atoms with van der Waals surface area (Å²) in [6.45, 7) is 5.45. The molecule has 1 aliphatic rings. The van der Waals surface area contributed by atoms with E-state index in [-0.39, 0.29) is 18.2 Å². The normalized spacial score (nSPS) is 14.3. The van der Waals surface area contributed by atoms with Crippen LogP contribution >= 0.6 is 11.6 Å². The molecule has 4 rings (SSSR count). The summed E-state index contributed by atoms with van der Waals surface area (Å²) in [5.41, 5.74) is 2.40. The third kappa shape index (κ3) is 5.97. The van der Waals surface area contributed by atoms with E-state index in [2.05, 4.69) is 20.4 Å². The van der Waals surface area contributed by atoms with Gasteiger partial charge in [-0.1, -0.05) is 35.0 Å². The Morgan fingerprint density at radius 1 is 1.06 bits per heavy atom. The number of benzene rings is 2. The molecule has 3 aromatic rings. The van der Waals surface area contributed by atoms with E-state index in [1.807, 2.05) is 42.2 Å². The fraction of sp³-hybridized carbons (Fsp3) is 0.333. The van der Waals surface area contributed by atoms with E-state index in [0.717, 1.165) is 24.2 Å². The van der Waals surface area contributed by atoms with E-state index < -0.39 is 0 Å². The van der Waals surface area contributed by atoms with Crippen molar-refractivity contribution in [2.75, 3.05) is 32.7 Å². The lowest BCUT2D eigenvalue weighted by Gasteiger charge is -2.34. The first kappa shape index (κ1) is 22.9. The first-order valence-electron chi connectivity index (χ1n) is 10.9. The summed E-state index contributed by atoms with van der Waals surface area (Å²) in [5.74, 6) is 0.965. The Bertz CT molecular complexity index is 1110. The molecule has 0 aliphatic carbocycles. The number of aryl methyl sites for hydroxylation is 1. The number of carbonyl (C=O) groups excluding carboxylic acids is 2. The Labute approximate surface area is 197 Å². The van der Waals surface area contributed by atoms with E-state index in [1.54, 1.807) is 18.2 Å². The molecule has 2 amide bonds. The maximum Gasteiger partial charge on any atom is 0.251 e. The summed E-state index contributed by atoms with van der Waals surface area (Å²) in [6.07, 6.45) is 0.283. The van der Waals surface area contributed by atoms with Crippen molar-refractivity contribution < 1.29 is 14.1 Å². The molecule has 1 aliphatic heterocycles. The molecule has 1 N–H and O–H groups in total. The molecule has 2 heterocycles. The summed E-state index contributed by atoms with van der Waals surface area (Å²) in [5, 5.41) is 7.54. The van der Waals surface area contributed by atoms with Crippen molar-refractivity contribution in [1.29, 1.82) is 0 Å². The standard InChI is InChI=1S/C24H26ClN5O3/c1-17-4-2-3-5-20(17)24(32)26-11-10-22(31)30-14-12-29(13-15-30)16-21-27-23(28-33-21)18-6-8-19(25)9-7-18/h2-9H,10-16H2,1H3,(H,26,32). The van der Waals surface area contributed by atoms with Crippen LogP contribution in [0.15, 0.2) is 53.1 Å². The largest absolute Gasteiger partial charge is 0.352 e. The van der Waals surface area contributed by atoms with Crippen LogP contribution in [0.1, 0.15) is 28.2 Å². The molecule has 1 aromatic heterocycles. The summed E-state index contributed by atoms with van der Waals surface area (Å²) in [4.78, 5) is 33.3. The van der Waals surface area contributed by atoms with E-state index in [4.69, 9.17) is 16.1 Å². The third-order valence-corrected chi connectivity index (χ3v) is 5.92. The van der Waals surface area contributed by atoms with Crippen molar-refractivity contribution in [2.45, 2.75) is 19.9 Å². The van der Waals surface area contributed by atoms with Crippen LogP contribution in [0.2, 0.25) is 5.02 Å². The highest BCUT2D eigenvalue weighted by atomic mass is 35.5. The second-order valence-electron chi connectivity index (χ2n) is 8.00. The molecular formula is C24H26ClN5O3. The van der Waals surface area contributed by atoms with Gasteiger partial charge in [-0.3, -0.25) is 14.5 Å². The Morgan fingerprint density at radius 2 is 1.79 bits per heavy atom. The summed E-state index contributed by atoms with van der Waals surface area (Å²) in [7, 11) is 0. The van der Waals surface area contributed by atoms with Crippen molar-refractivity contribution in [2.24, 2.45) is 0 Å². The van der Waals surface area contributed by atoms with Crippen LogP contribution < -0.4 is 5.32 Å². The smallest absolute Gasteiger partial charge is 0.251 e. The summed E-state index contributed by atoms with van der Waals surface area (Å²) in [6, 6.07) is 14.7. The SMILES string of the molecule is Cc1ccccc1C(=O)NCCC(=O)N1CCN(Cc2nc(-c3ccc(Cl)cc3)no2)CC1. The first-order chi connectivity index (χ1) is 16.0. The molecular weight excluding hydrogens is 442 g/mol. The number of hydrogen-bond acceptors (Lipinski definition) is 6. The molecule has 172 valence electrons. The van der Waals surface area contributed by atoms with Gasteiger partial charge in [0, 0.05) is 55.3 Å². The van der Waals surface area contributed by atoms with Crippen LogP contribution in [0.5, 0.6) is 0 Å². The highest BCUT2D eigenvalue weighted by Gasteiger charge is 2.22. The zero-order valence-electron chi connectivity index (χ0n) is 18.5. The minimum atomic E-state index is -0.150. The lowest BCUT2D eigenvalue weighted by atomic mass is 10.1. The molecule has 1 fully saturated rings. The molecule has 0 radical (unpaired) electrons. The lowest BCUT2D eigenvalue weighted by Crippen LogP contribution is -2.48. The zero-order chi connectivity index (χ0) is 23.2. The van der Waals surface area contributed by atoms with Gasteiger partial charge in [0.1, 0.15) is 0 Å². The van der Waals surface area contributed by atoms with Gasteiger partial charge in [-0.25, -0.2) is 0 Å². The number of aromatic nitrogens is 2. The number of piperazine rings is 1. The second-order valence-corrected chi connectivity index (χ2v) is 8.43. The predicted octanol–water partition coefficient (Wildman–Crippen LogP) is 3.16. The number of nitrogens with zero attached hydrogens (tertiary/aromatic N) is 4. The number of carbonyl (C=O) groups is 2. The predicted molar refractivity (Wildman–Crippen MR) is 125 cm³/mol. The molecule has 2 aromatic carbocycles. The van der Waals surface area contributed by atoms with Gasteiger partial charge in [0.2, 0.25) is 17.6 Å². The lowest BCUT2D eigenvalue weighted by molar-refractivity contribution is -0.132. The highest BCUT2D eigenvalue weighted by molar-refractivity contribution is 6.30. The van der Waals surface area contributed by atoms with Crippen molar-refractivity contribution >= 4 is 23.4 Å². The van der Waals surface area contributed by atoms with E-state index in [1.165, 1.54) is 0 Å². The van der Waals surface area contributed by atoms with Crippen molar-refractivity contribution in [3.8, 4) is 11.4 Å². The topological polar surface area (TPSA) is 91.6 Å². The second kappa shape index (κ2) is 10.6. The third-order valence-electron chi connectivity index (χ3n) is 5.67. The summed E-state index contributed by atoms with van der Waals surface area (Å²) >= 11 is 5.92. The molecule has 1 saturated heterocycles. The Balaban J connectivity index is 1.20. The van der Waals surface area contributed by atoms with Gasteiger partial charge in [-0.2, -0.15) is 4.98 Å². The van der Waals surface area contributed by atoms with Gasteiger partial charge in [-0.15, -0.1) is 0 Å². The zero-order valence-corrected chi connectivity index (χ0v) is 19.2. The number of hydrogen-bond donors (Lipinski definition) is 1. The van der Waals surface area contributed by atoms with Crippen molar-refractivity contribution in [1.82, 2.24) is 25.3 Å². The van der Waals surface area contributed by atoms with Crippen molar-refractivity contribution in [3.63, 3.8) is 0 Å². The minimum absolute atomic E-state index is 0.0440. The Morgan fingerprint density at radius 3 is 2.52 bits per heavy atom. The van der Waals surface area contributed by atoms with Gasteiger partial charge in [0.15, 0.2) is 0 Å². The molecule has 0 saturated carbocycles. The maximum atomic E-state index is 12.5. The van der Waals surface area contributed by atoms with Gasteiger partial charge < -0.3 is 14.7 Å². The average molecular weight is 468 g/mol. The van der Waals surface area contributed by atoms with Gasteiger partial charge >= 0.3 is 0 Å². The van der Waals surface area contributed by atoms with Gasteiger partial charge in [0.05, 0.1) is 6.54 Å². The van der Waals surface area contributed by atoms with Crippen LogP contribution in [-0.2, 0) is 11.3 Å². The first-order valence-corrected chi connectivity index (χ1v) is 11.3. The quantitative estimate of drug-likeness (QED) is 0.574. The number of nitrogens with one attached hydrogen (secondary N) is 1. The van der Waals surface area contributed by atoms with Crippen LogP contribution in [-0.4, -0.2) is 64.5 Å². The van der Waals surface area contributed by atoms with E-state index in [9.17, 15) is 9.59 Å². The molecule has 0 bridgehead atoms.